The molecule has 0 bridgehead atoms. The lowest BCUT2D eigenvalue weighted by molar-refractivity contribution is 0.170. The SMILES string of the molecule is CCc1cccc(C(O)c2cc(Cl)c3c(c2)OCCO3)c1. The van der Waals surface area contributed by atoms with Crippen LogP contribution in [0.2, 0.25) is 5.02 Å². The van der Waals surface area contributed by atoms with Crippen molar-refractivity contribution in [3.05, 3.63) is 58.1 Å². The first kappa shape index (κ1) is 14.2. The van der Waals surface area contributed by atoms with E-state index >= 15 is 0 Å². The Bertz CT molecular complexity index is 654. The van der Waals surface area contributed by atoms with Gasteiger partial charge in [-0.2, -0.15) is 0 Å². The Morgan fingerprint density at radius 3 is 2.76 bits per heavy atom. The lowest BCUT2D eigenvalue weighted by Crippen LogP contribution is -2.16. The summed E-state index contributed by atoms with van der Waals surface area (Å²) in [5, 5.41) is 11.0. The molecule has 1 aliphatic rings. The molecule has 3 nitrogen and oxygen atoms in total. The molecule has 1 atom stereocenters. The first-order valence-electron chi connectivity index (χ1n) is 7.05. The highest BCUT2D eigenvalue weighted by molar-refractivity contribution is 6.32. The molecule has 1 heterocycles. The largest absolute Gasteiger partial charge is 0.486 e. The molecule has 2 aromatic carbocycles. The summed E-state index contributed by atoms with van der Waals surface area (Å²) in [6.07, 6.45) is 0.201. The van der Waals surface area contributed by atoms with Crippen molar-refractivity contribution in [3.8, 4) is 11.5 Å². The molecule has 21 heavy (non-hydrogen) atoms. The van der Waals surface area contributed by atoms with Crippen LogP contribution in [0.15, 0.2) is 36.4 Å². The molecule has 0 saturated carbocycles. The van der Waals surface area contributed by atoms with Crippen molar-refractivity contribution in [3.63, 3.8) is 0 Å². The lowest BCUT2D eigenvalue weighted by atomic mass is 9.98. The average Bonchev–Trinajstić information content (AvgIpc) is 2.54. The van der Waals surface area contributed by atoms with Crippen LogP contribution in [0.25, 0.3) is 0 Å². The quantitative estimate of drug-likeness (QED) is 0.938. The molecule has 0 amide bonds. The van der Waals surface area contributed by atoms with Gasteiger partial charge in [0.05, 0.1) is 5.02 Å². The van der Waals surface area contributed by atoms with Gasteiger partial charge >= 0.3 is 0 Å². The van der Waals surface area contributed by atoms with Gasteiger partial charge in [0, 0.05) is 0 Å². The molecule has 0 aromatic heterocycles. The van der Waals surface area contributed by atoms with Gasteiger partial charge in [0.1, 0.15) is 19.3 Å². The van der Waals surface area contributed by atoms with Gasteiger partial charge in [-0.3, -0.25) is 0 Å². The van der Waals surface area contributed by atoms with Crippen LogP contribution in [0.4, 0.5) is 0 Å². The Hall–Kier alpha value is -1.71. The van der Waals surface area contributed by atoms with E-state index in [1.807, 2.05) is 24.3 Å². The fraction of sp³-hybridized carbons (Fsp3) is 0.294. The van der Waals surface area contributed by atoms with E-state index in [1.54, 1.807) is 12.1 Å². The zero-order valence-electron chi connectivity index (χ0n) is 11.8. The van der Waals surface area contributed by atoms with Gasteiger partial charge in [-0.05, 0) is 35.2 Å². The van der Waals surface area contributed by atoms with Crippen LogP contribution in [0.1, 0.15) is 29.7 Å². The molecule has 1 N–H and O–H groups in total. The first-order chi connectivity index (χ1) is 10.2. The number of halogens is 1. The van der Waals surface area contributed by atoms with Crippen LogP contribution in [0.5, 0.6) is 11.5 Å². The van der Waals surface area contributed by atoms with E-state index < -0.39 is 6.10 Å². The van der Waals surface area contributed by atoms with E-state index in [0.29, 0.717) is 35.3 Å². The van der Waals surface area contributed by atoms with Gasteiger partial charge in [0.15, 0.2) is 11.5 Å². The number of hydrogen-bond acceptors (Lipinski definition) is 3. The summed E-state index contributed by atoms with van der Waals surface area (Å²) in [6.45, 7) is 3.08. The normalized spacial score (nSPS) is 14.8. The molecule has 1 aliphatic heterocycles. The smallest absolute Gasteiger partial charge is 0.179 e. The van der Waals surface area contributed by atoms with E-state index in [0.717, 1.165) is 12.0 Å². The van der Waals surface area contributed by atoms with Gasteiger partial charge < -0.3 is 14.6 Å². The third-order valence-electron chi connectivity index (χ3n) is 3.61. The predicted octanol–water partition coefficient (Wildman–Crippen LogP) is 3.76. The minimum atomic E-state index is -0.732. The second-order valence-electron chi connectivity index (χ2n) is 5.03. The van der Waals surface area contributed by atoms with E-state index in [4.69, 9.17) is 21.1 Å². The molecule has 4 heteroatoms. The molecular weight excluding hydrogens is 288 g/mol. The van der Waals surface area contributed by atoms with Crippen LogP contribution >= 0.6 is 11.6 Å². The number of rotatable bonds is 3. The maximum Gasteiger partial charge on any atom is 0.179 e. The van der Waals surface area contributed by atoms with Gasteiger partial charge in [-0.25, -0.2) is 0 Å². The monoisotopic (exact) mass is 304 g/mol. The number of aliphatic hydroxyl groups is 1. The van der Waals surface area contributed by atoms with Crippen molar-refractivity contribution in [2.75, 3.05) is 13.2 Å². The van der Waals surface area contributed by atoms with Crippen molar-refractivity contribution in [2.24, 2.45) is 0 Å². The second-order valence-corrected chi connectivity index (χ2v) is 5.44. The molecule has 110 valence electrons. The number of fused-ring (bicyclic) bond motifs is 1. The third kappa shape index (κ3) is 2.85. The van der Waals surface area contributed by atoms with Crippen LogP contribution < -0.4 is 9.47 Å². The predicted molar refractivity (Wildman–Crippen MR) is 82.3 cm³/mol. The van der Waals surface area contributed by atoms with Crippen LogP contribution in [-0.4, -0.2) is 18.3 Å². The number of aryl methyl sites for hydroxylation is 1. The topological polar surface area (TPSA) is 38.7 Å². The lowest BCUT2D eigenvalue weighted by Gasteiger charge is -2.21. The number of benzene rings is 2. The van der Waals surface area contributed by atoms with Crippen molar-refractivity contribution in [1.82, 2.24) is 0 Å². The minimum absolute atomic E-state index is 0.466. The molecule has 2 aromatic rings. The van der Waals surface area contributed by atoms with Crippen LogP contribution in [-0.2, 0) is 6.42 Å². The molecule has 0 aliphatic carbocycles. The van der Waals surface area contributed by atoms with Gasteiger partial charge in [-0.1, -0.05) is 42.8 Å². The second kappa shape index (κ2) is 5.96. The Labute approximate surface area is 129 Å². The summed E-state index contributed by atoms with van der Waals surface area (Å²) in [5.74, 6) is 1.15. The van der Waals surface area contributed by atoms with Crippen LogP contribution in [0.3, 0.4) is 0 Å². The molecular formula is C17H17ClO3. The highest BCUT2D eigenvalue weighted by Crippen LogP contribution is 2.40. The molecule has 0 fully saturated rings. The Morgan fingerprint density at radius 2 is 1.95 bits per heavy atom. The van der Waals surface area contributed by atoms with Gasteiger partial charge in [-0.15, -0.1) is 0 Å². The summed E-state index contributed by atoms with van der Waals surface area (Å²) in [5.41, 5.74) is 2.75. The zero-order chi connectivity index (χ0) is 14.8. The fourth-order valence-corrected chi connectivity index (χ4v) is 2.74. The first-order valence-corrected chi connectivity index (χ1v) is 7.42. The van der Waals surface area contributed by atoms with Crippen molar-refractivity contribution < 1.29 is 14.6 Å². The summed E-state index contributed by atoms with van der Waals surface area (Å²) < 4.78 is 11.0. The van der Waals surface area contributed by atoms with Gasteiger partial charge in [0.25, 0.3) is 0 Å². The molecule has 0 saturated heterocycles. The number of hydrogen-bond donors (Lipinski definition) is 1. The Balaban J connectivity index is 1.97. The summed E-state index contributed by atoms with van der Waals surface area (Å²) in [7, 11) is 0. The highest BCUT2D eigenvalue weighted by atomic mass is 35.5. The average molecular weight is 305 g/mol. The number of aliphatic hydroxyl groups excluding tert-OH is 1. The molecule has 1 unspecified atom stereocenters. The fourth-order valence-electron chi connectivity index (χ4n) is 2.46. The summed E-state index contributed by atoms with van der Waals surface area (Å²) >= 11 is 6.22. The van der Waals surface area contributed by atoms with E-state index in [2.05, 4.69) is 6.92 Å². The van der Waals surface area contributed by atoms with E-state index in [9.17, 15) is 5.11 Å². The standard InChI is InChI=1S/C17H17ClO3/c1-2-11-4-3-5-12(8-11)16(19)13-9-14(18)17-15(10-13)20-6-7-21-17/h3-5,8-10,16,19H,2,6-7H2,1H3. The van der Waals surface area contributed by atoms with Crippen molar-refractivity contribution >= 4 is 11.6 Å². The summed E-state index contributed by atoms with van der Waals surface area (Å²) in [6, 6.07) is 11.5. The maximum atomic E-state index is 10.6. The zero-order valence-corrected chi connectivity index (χ0v) is 12.6. The van der Waals surface area contributed by atoms with E-state index in [-0.39, 0.29) is 0 Å². The van der Waals surface area contributed by atoms with Crippen molar-refractivity contribution in [1.29, 1.82) is 0 Å². The molecule has 0 spiro atoms. The van der Waals surface area contributed by atoms with Crippen molar-refractivity contribution in [2.45, 2.75) is 19.4 Å². The molecule has 0 radical (unpaired) electrons. The molecule has 3 rings (SSSR count). The maximum absolute atomic E-state index is 10.6. The Kier molecular flexibility index (Phi) is 4.04. The third-order valence-corrected chi connectivity index (χ3v) is 3.89. The van der Waals surface area contributed by atoms with E-state index in [1.165, 1.54) is 5.56 Å². The van der Waals surface area contributed by atoms with Gasteiger partial charge in [0.2, 0.25) is 0 Å². The summed E-state index contributed by atoms with van der Waals surface area (Å²) in [4.78, 5) is 0. The Morgan fingerprint density at radius 1 is 1.14 bits per heavy atom. The highest BCUT2D eigenvalue weighted by Gasteiger charge is 2.20. The number of ether oxygens (including phenoxy) is 2. The van der Waals surface area contributed by atoms with Crippen LogP contribution in [0, 0.1) is 0 Å². The minimum Gasteiger partial charge on any atom is -0.486 e.